The second-order valence-electron chi connectivity index (χ2n) is 7.07. The Morgan fingerprint density at radius 2 is 1.93 bits per heavy atom. The molecule has 0 N–H and O–H groups in total. The highest BCUT2D eigenvalue weighted by atomic mass is 32.2. The zero-order valence-corrected chi connectivity index (χ0v) is 17.9. The van der Waals surface area contributed by atoms with Gasteiger partial charge in [-0.25, -0.2) is 0 Å². The number of unbranched alkanes of at least 4 members (excludes halogenated alkanes) is 1. The van der Waals surface area contributed by atoms with Gasteiger partial charge in [0.15, 0.2) is 16.7 Å². The lowest BCUT2D eigenvalue weighted by Gasteiger charge is -2.23. The Balaban J connectivity index is 1.75. The Morgan fingerprint density at radius 3 is 2.61 bits per heavy atom. The summed E-state index contributed by atoms with van der Waals surface area (Å²) in [6.07, 6.45) is 3.26. The first-order valence-electron chi connectivity index (χ1n) is 9.87. The summed E-state index contributed by atoms with van der Waals surface area (Å²) in [5.41, 5.74) is 1.95. The summed E-state index contributed by atoms with van der Waals surface area (Å²) < 4.78 is 7.79. The third-order valence-electron chi connectivity index (χ3n) is 4.76. The Kier molecular flexibility index (Phi) is 7.28. The van der Waals surface area contributed by atoms with E-state index in [0.717, 1.165) is 53.8 Å². The molecule has 150 valence electrons. The summed E-state index contributed by atoms with van der Waals surface area (Å²) >= 11 is 1.67. The van der Waals surface area contributed by atoms with E-state index in [9.17, 15) is 0 Å². The van der Waals surface area contributed by atoms with Crippen molar-refractivity contribution in [2.45, 2.75) is 56.6 Å². The lowest BCUT2D eigenvalue weighted by molar-refractivity contribution is 0.270. The molecule has 0 saturated heterocycles. The van der Waals surface area contributed by atoms with Gasteiger partial charge in [0.05, 0.1) is 11.7 Å². The highest BCUT2D eigenvalue weighted by Crippen LogP contribution is 2.28. The van der Waals surface area contributed by atoms with Crippen molar-refractivity contribution in [2.24, 2.45) is 0 Å². The van der Waals surface area contributed by atoms with Crippen molar-refractivity contribution in [3.05, 3.63) is 47.9 Å². The second-order valence-corrected chi connectivity index (χ2v) is 8.01. The summed E-state index contributed by atoms with van der Waals surface area (Å²) in [6, 6.07) is 12.3. The highest BCUT2D eigenvalue weighted by Gasteiger charge is 2.22. The van der Waals surface area contributed by atoms with Gasteiger partial charge in [-0.3, -0.25) is 4.90 Å². The molecule has 2 aromatic heterocycles. The maximum atomic E-state index is 5.51. The minimum Gasteiger partial charge on any atom is -0.356 e. The number of thioether (sulfide) groups is 1. The van der Waals surface area contributed by atoms with Gasteiger partial charge in [-0.15, -0.1) is 10.2 Å². The van der Waals surface area contributed by atoms with Crippen LogP contribution < -0.4 is 0 Å². The summed E-state index contributed by atoms with van der Waals surface area (Å²) in [5.74, 6) is 2.55. The SMILES string of the molecule is CCCCn1c(SCc2cc(-c3ccccc3)on2)nnc1C(CC)N(C)C. The molecule has 7 heteroatoms. The predicted molar refractivity (Wildman–Crippen MR) is 113 cm³/mol. The smallest absolute Gasteiger partial charge is 0.191 e. The molecule has 0 bridgehead atoms. The Morgan fingerprint density at radius 1 is 1.14 bits per heavy atom. The van der Waals surface area contributed by atoms with Crippen LogP contribution in [0.4, 0.5) is 0 Å². The average Bonchev–Trinajstić information content (AvgIpc) is 3.33. The zero-order valence-electron chi connectivity index (χ0n) is 17.1. The van der Waals surface area contributed by atoms with Gasteiger partial charge in [0.1, 0.15) is 0 Å². The molecule has 3 rings (SSSR count). The maximum Gasteiger partial charge on any atom is 0.191 e. The number of hydrogen-bond donors (Lipinski definition) is 0. The number of rotatable bonds is 10. The van der Waals surface area contributed by atoms with Gasteiger partial charge in [0.2, 0.25) is 0 Å². The lowest BCUT2D eigenvalue weighted by atomic mass is 10.2. The quantitative estimate of drug-likeness (QED) is 0.445. The van der Waals surface area contributed by atoms with Gasteiger partial charge >= 0.3 is 0 Å². The molecule has 0 aliphatic heterocycles. The lowest BCUT2D eigenvalue weighted by Crippen LogP contribution is -2.23. The van der Waals surface area contributed by atoms with Crippen molar-refractivity contribution >= 4 is 11.8 Å². The molecule has 2 heterocycles. The molecule has 0 saturated carbocycles. The Hall–Kier alpha value is -2.12. The molecule has 1 unspecified atom stereocenters. The van der Waals surface area contributed by atoms with Gasteiger partial charge in [0.25, 0.3) is 0 Å². The molecule has 1 atom stereocenters. The van der Waals surface area contributed by atoms with E-state index in [0.29, 0.717) is 5.75 Å². The van der Waals surface area contributed by atoms with Crippen molar-refractivity contribution < 1.29 is 4.52 Å². The van der Waals surface area contributed by atoms with E-state index in [2.05, 4.69) is 52.8 Å². The van der Waals surface area contributed by atoms with Crippen molar-refractivity contribution in [2.75, 3.05) is 14.1 Å². The number of aromatic nitrogens is 4. The van der Waals surface area contributed by atoms with Crippen LogP contribution in [0.3, 0.4) is 0 Å². The molecule has 0 fully saturated rings. The van der Waals surface area contributed by atoms with Crippen LogP contribution in [0.2, 0.25) is 0 Å². The molecule has 1 aromatic carbocycles. The second kappa shape index (κ2) is 9.89. The normalized spacial score (nSPS) is 12.6. The number of hydrogen-bond acceptors (Lipinski definition) is 6. The van der Waals surface area contributed by atoms with Crippen LogP contribution in [0.5, 0.6) is 0 Å². The fourth-order valence-electron chi connectivity index (χ4n) is 3.22. The van der Waals surface area contributed by atoms with Crippen LogP contribution in [0.15, 0.2) is 46.1 Å². The molecular formula is C21H29N5OS. The van der Waals surface area contributed by atoms with Crippen LogP contribution in [-0.2, 0) is 12.3 Å². The van der Waals surface area contributed by atoms with E-state index in [1.807, 2.05) is 36.4 Å². The first-order valence-corrected chi connectivity index (χ1v) is 10.9. The topological polar surface area (TPSA) is 60.0 Å². The molecule has 6 nitrogen and oxygen atoms in total. The first-order chi connectivity index (χ1) is 13.6. The van der Waals surface area contributed by atoms with E-state index < -0.39 is 0 Å². The first kappa shape index (κ1) is 20.6. The minimum atomic E-state index is 0.274. The average molecular weight is 400 g/mol. The van der Waals surface area contributed by atoms with Crippen LogP contribution in [0.1, 0.15) is 50.7 Å². The van der Waals surface area contributed by atoms with E-state index in [1.165, 1.54) is 0 Å². The van der Waals surface area contributed by atoms with Crippen molar-refractivity contribution in [1.82, 2.24) is 24.8 Å². The van der Waals surface area contributed by atoms with Crippen molar-refractivity contribution in [3.63, 3.8) is 0 Å². The van der Waals surface area contributed by atoms with E-state index in [1.54, 1.807) is 11.8 Å². The molecule has 0 amide bonds. The van der Waals surface area contributed by atoms with Gasteiger partial charge in [-0.1, -0.05) is 67.5 Å². The third kappa shape index (κ3) is 4.83. The fourth-order valence-corrected chi connectivity index (χ4v) is 4.07. The Labute approximate surface area is 171 Å². The van der Waals surface area contributed by atoms with E-state index >= 15 is 0 Å². The molecule has 0 radical (unpaired) electrons. The van der Waals surface area contributed by atoms with Crippen LogP contribution in [-0.4, -0.2) is 38.9 Å². The van der Waals surface area contributed by atoms with Gasteiger partial charge < -0.3 is 9.09 Å². The monoisotopic (exact) mass is 399 g/mol. The van der Waals surface area contributed by atoms with Crippen LogP contribution >= 0.6 is 11.8 Å². The number of benzene rings is 1. The standard InChI is InChI=1S/C21H29N5OS/c1-5-7-13-26-20(18(6-2)25(3)4)22-23-21(26)28-15-17-14-19(27-24-17)16-11-9-8-10-12-16/h8-12,14,18H,5-7,13,15H2,1-4H3. The Bertz CT molecular complexity index is 859. The van der Waals surface area contributed by atoms with E-state index in [4.69, 9.17) is 4.52 Å². The summed E-state index contributed by atoms with van der Waals surface area (Å²) in [7, 11) is 4.20. The summed E-state index contributed by atoms with van der Waals surface area (Å²) in [4.78, 5) is 2.21. The molecule has 0 spiro atoms. The molecule has 0 aliphatic carbocycles. The minimum absolute atomic E-state index is 0.274. The molecular weight excluding hydrogens is 370 g/mol. The van der Waals surface area contributed by atoms with Gasteiger partial charge in [0, 0.05) is 23.9 Å². The van der Waals surface area contributed by atoms with Gasteiger partial charge in [-0.2, -0.15) is 0 Å². The van der Waals surface area contributed by atoms with Crippen LogP contribution in [0.25, 0.3) is 11.3 Å². The highest BCUT2D eigenvalue weighted by molar-refractivity contribution is 7.98. The largest absolute Gasteiger partial charge is 0.356 e. The van der Waals surface area contributed by atoms with Gasteiger partial charge in [-0.05, 0) is 26.9 Å². The maximum absolute atomic E-state index is 5.51. The fraction of sp³-hybridized carbons (Fsp3) is 0.476. The number of nitrogens with zero attached hydrogens (tertiary/aromatic N) is 5. The zero-order chi connectivity index (χ0) is 19.9. The predicted octanol–water partition coefficient (Wildman–Crippen LogP) is 5.04. The van der Waals surface area contributed by atoms with Crippen molar-refractivity contribution in [3.8, 4) is 11.3 Å². The van der Waals surface area contributed by atoms with Crippen molar-refractivity contribution in [1.29, 1.82) is 0 Å². The summed E-state index contributed by atoms with van der Waals surface area (Å²) in [6.45, 7) is 5.34. The van der Waals surface area contributed by atoms with Crippen LogP contribution in [0, 0.1) is 0 Å². The third-order valence-corrected chi connectivity index (χ3v) is 5.76. The summed E-state index contributed by atoms with van der Waals surface area (Å²) in [5, 5.41) is 14.2. The molecule has 28 heavy (non-hydrogen) atoms. The van der Waals surface area contributed by atoms with E-state index in [-0.39, 0.29) is 6.04 Å². The molecule has 0 aliphatic rings. The molecule has 3 aromatic rings.